The fourth-order valence-electron chi connectivity index (χ4n) is 2.51. The summed E-state index contributed by atoms with van der Waals surface area (Å²) in [7, 11) is 0. The Balaban J connectivity index is 4.11. The first-order valence-corrected chi connectivity index (χ1v) is 8.47. The Morgan fingerprint density at radius 1 is 0.789 bits per heavy atom. The van der Waals surface area contributed by atoms with Crippen LogP contribution in [0, 0.1) is 5.41 Å². The van der Waals surface area contributed by atoms with Gasteiger partial charge in [-0.2, -0.15) is 0 Å². The van der Waals surface area contributed by atoms with Gasteiger partial charge in [-0.25, -0.2) is 0 Å². The molecule has 1 nitrogen and oxygen atoms in total. The fourth-order valence-corrected chi connectivity index (χ4v) is 2.51. The second-order valence-electron chi connectivity index (χ2n) is 6.03. The Bertz CT molecular complexity index is 196. The number of ether oxygens (including phenoxy) is 1. The van der Waals surface area contributed by atoms with E-state index in [-0.39, 0.29) is 0 Å². The smallest absolute Gasteiger partial charge is 0.0845 e. The molecule has 0 fully saturated rings. The van der Waals surface area contributed by atoms with Crippen LogP contribution in [0.4, 0.5) is 0 Å². The summed E-state index contributed by atoms with van der Waals surface area (Å²) in [5, 5.41) is 0. The zero-order valence-electron chi connectivity index (χ0n) is 13.8. The molecule has 0 aliphatic carbocycles. The molecule has 1 heteroatoms. The summed E-state index contributed by atoms with van der Waals surface area (Å²) in [6.07, 6.45) is 17.7. The molecule has 0 saturated heterocycles. The zero-order chi connectivity index (χ0) is 14.4. The first-order chi connectivity index (χ1) is 9.18. The molecule has 0 unspecified atom stereocenters. The highest BCUT2D eigenvalue weighted by Gasteiger charge is 2.20. The van der Waals surface area contributed by atoms with Crippen molar-refractivity contribution in [1.29, 1.82) is 0 Å². The van der Waals surface area contributed by atoms with Gasteiger partial charge >= 0.3 is 0 Å². The van der Waals surface area contributed by atoms with Crippen molar-refractivity contribution in [3.8, 4) is 0 Å². The summed E-state index contributed by atoms with van der Waals surface area (Å²) in [4.78, 5) is 0. The van der Waals surface area contributed by atoms with Gasteiger partial charge < -0.3 is 4.74 Å². The highest BCUT2D eigenvalue weighted by Crippen LogP contribution is 2.33. The van der Waals surface area contributed by atoms with E-state index in [2.05, 4.69) is 26.8 Å². The van der Waals surface area contributed by atoms with Crippen LogP contribution in [0.1, 0.15) is 91.9 Å². The lowest BCUT2D eigenvalue weighted by Gasteiger charge is -2.26. The van der Waals surface area contributed by atoms with Crippen LogP contribution in [0.3, 0.4) is 0 Å². The molecular weight excluding hydrogens is 232 g/mol. The molecule has 0 saturated carbocycles. The lowest BCUT2D eigenvalue weighted by Crippen LogP contribution is -2.13. The standard InChI is InChI=1S/C18H36O/c1-5-8-10-12-14-18(4,16-17-19-7-3)15-13-11-9-6-2/h16-17H,5-15H2,1-4H3/b17-16-. The molecule has 0 bridgehead atoms. The predicted molar refractivity (Wildman–Crippen MR) is 86.4 cm³/mol. The van der Waals surface area contributed by atoms with Gasteiger partial charge in [-0.1, -0.05) is 72.1 Å². The van der Waals surface area contributed by atoms with Gasteiger partial charge in [0.2, 0.25) is 0 Å². The maximum atomic E-state index is 5.40. The van der Waals surface area contributed by atoms with Crippen molar-refractivity contribution in [3.63, 3.8) is 0 Å². The maximum absolute atomic E-state index is 5.40. The van der Waals surface area contributed by atoms with Crippen LogP contribution in [0.5, 0.6) is 0 Å². The molecule has 0 radical (unpaired) electrons. The quantitative estimate of drug-likeness (QED) is 0.274. The monoisotopic (exact) mass is 268 g/mol. The summed E-state index contributed by atoms with van der Waals surface area (Å²) in [5.74, 6) is 0. The van der Waals surface area contributed by atoms with E-state index in [9.17, 15) is 0 Å². The van der Waals surface area contributed by atoms with Crippen LogP contribution in [0.15, 0.2) is 12.3 Å². The molecule has 0 aromatic heterocycles. The van der Waals surface area contributed by atoms with Gasteiger partial charge in [0.25, 0.3) is 0 Å². The summed E-state index contributed by atoms with van der Waals surface area (Å²) in [6.45, 7) is 9.78. The normalized spacial score (nSPS) is 12.2. The molecule has 0 amide bonds. The lowest BCUT2D eigenvalue weighted by molar-refractivity contribution is 0.253. The molecule has 0 aliphatic rings. The van der Waals surface area contributed by atoms with E-state index in [4.69, 9.17) is 4.74 Å². The van der Waals surface area contributed by atoms with E-state index in [0.29, 0.717) is 5.41 Å². The summed E-state index contributed by atoms with van der Waals surface area (Å²) < 4.78 is 5.40. The molecule has 0 aromatic rings. The second-order valence-corrected chi connectivity index (χ2v) is 6.03. The van der Waals surface area contributed by atoms with Crippen molar-refractivity contribution in [2.75, 3.05) is 6.61 Å². The van der Waals surface area contributed by atoms with Gasteiger partial charge in [-0.05, 0) is 31.3 Å². The van der Waals surface area contributed by atoms with Crippen LogP contribution in [-0.2, 0) is 4.74 Å². The molecule has 114 valence electrons. The Kier molecular flexibility index (Phi) is 12.3. The van der Waals surface area contributed by atoms with Crippen LogP contribution in [0.25, 0.3) is 0 Å². The van der Waals surface area contributed by atoms with Gasteiger partial charge in [-0.3, -0.25) is 0 Å². The number of unbranched alkanes of at least 4 members (excludes halogenated alkanes) is 6. The molecule has 0 heterocycles. The average molecular weight is 268 g/mol. The van der Waals surface area contributed by atoms with Crippen molar-refractivity contribution in [1.82, 2.24) is 0 Å². The average Bonchev–Trinajstić information content (AvgIpc) is 2.41. The highest BCUT2D eigenvalue weighted by molar-refractivity contribution is 4.94. The molecule has 19 heavy (non-hydrogen) atoms. The first kappa shape index (κ1) is 18.5. The van der Waals surface area contributed by atoms with Gasteiger partial charge in [0, 0.05) is 0 Å². The van der Waals surface area contributed by atoms with Crippen molar-refractivity contribution < 1.29 is 4.74 Å². The summed E-state index contributed by atoms with van der Waals surface area (Å²) in [6, 6.07) is 0. The molecule has 0 rings (SSSR count). The third-order valence-electron chi connectivity index (χ3n) is 3.94. The van der Waals surface area contributed by atoms with Crippen molar-refractivity contribution in [2.24, 2.45) is 5.41 Å². The molecule has 0 aliphatic heterocycles. The first-order valence-electron chi connectivity index (χ1n) is 8.47. The van der Waals surface area contributed by atoms with Gasteiger partial charge in [0.1, 0.15) is 0 Å². The summed E-state index contributed by atoms with van der Waals surface area (Å²) >= 11 is 0. The van der Waals surface area contributed by atoms with E-state index in [1.54, 1.807) is 0 Å². The Hall–Kier alpha value is -0.460. The van der Waals surface area contributed by atoms with Crippen LogP contribution < -0.4 is 0 Å². The topological polar surface area (TPSA) is 9.23 Å². The zero-order valence-corrected chi connectivity index (χ0v) is 13.8. The number of allylic oxidation sites excluding steroid dienone is 1. The van der Waals surface area contributed by atoms with E-state index < -0.39 is 0 Å². The SMILES string of the molecule is CCCCCCC(C)(/C=C\OCC)CCCCCC. The molecule has 0 spiro atoms. The molecule has 0 aromatic carbocycles. The van der Waals surface area contributed by atoms with Crippen molar-refractivity contribution in [3.05, 3.63) is 12.3 Å². The van der Waals surface area contributed by atoms with Crippen molar-refractivity contribution in [2.45, 2.75) is 91.9 Å². The van der Waals surface area contributed by atoms with Crippen LogP contribution in [0.2, 0.25) is 0 Å². The summed E-state index contributed by atoms with van der Waals surface area (Å²) in [5.41, 5.74) is 0.344. The number of hydrogen-bond acceptors (Lipinski definition) is 1. The van der Waals surface area contributed by atoms with Crippen LogP contribution >= 0.6 is 0 Å². The second kappa shape index (κ2) is 12.6. The Morgan fingerprint density at radius 3 is 1.74 bits per heavy atom. The van der Waals surface area contributed by atoms with E-state index in [1.165, 1.54) is 64.2 Å². The molecule has 0 N–H and O–H groups in total. The minimum absolute atomic E-state index is 0.344. The van der Waals surface area contributed by atoms with Crippen LogP contribution in [-0.4, -0.2) is 6.61 Å². The van der Waals surface area contributed by atoms with Gasteiger partial charge in [0.05, 0.1) is 12.9 Å². The Labute approximate surface area is 121 Å². The third kappa shape index (κ3) is 11.1. The highest BCUT2D eigenvalue weighted by atomic mass is 16.5. The van der Waals surface area contributed by atoms with E-state index >= 15 is 0 Å². The minimum Gasteiger partial charge on any atom is -0.502 e. The number of rotatable bonds is 13. The van der Waals surface area contributed by atoms with Crippen molar-refractivity contribution >= 4 is 0 Å². The fraction of sp³-hybridized carbons (Fsp3) is 0.889. The predicted octanol–water partition coefficient (Wildman–Crippen LogP) is 6.48. The largest absolute Gasteiger partial charge is 0.502 e. The number of hydrogen-bond donors (Lipinski definition) is 0. The molecule has 0 atom stereocenters. The van der Waals surface area contributed by atoms with Gasteiger partial charge in [-0.15, -0.1) is 0 Å². The maximum Gasteiger partial charge on any atom is 0.0845 e. The lowest BCUT2D eigenvalue weighted by atomic mass is 9.80. The van der Waals surface area contributed by atoms with Gasteiger partial charge in [0.15, 0.2) is 0 Å². The van der Waals surface area contributed by atoms with E-state index in [0.717, 1.165) is 6.61 Å². The van der Waals surface area contributed by atoms with E-state index in [1.807, 2.05) is 13.2 Å². The Morgan fingerprint density at radius 2 is 1.32 bits per heavy atom. The minimum atomic E-state index is 0.344. The molecular formula is C18H36O. The third-order valence-corrected chi connectivity index (χ3v) is 3.94.